The molecule has 0 unspecified atom stereocenters. The Hall–Kier alpha value is -2.27. The first-order valence-corrected chi connectivity index (χ1v) is 10.4. The molecule has 0 bridgehead atoms. The number of hydrogen-bond donors (Lipinski definition) is 2. The minimum absolute atomic E-state index is 0.0856. The van der Waals surface area contributed by atoms with Crippen molar-refractivity contribution in [3.8, 4) is 11.5 Å². The molecule has 0 aromatic heterocycles. The number of carbonyl (C=O) groups is 2. The summed E-state index contributed by atoms with van der Waals surface area (Å²) in [5.41, 5.74) is 2.28. The number of aromatic hydroxyl groups is 2. The first-order chi connectivity index (χ1) is 13.8. The van der Waals surface area contributed by atoms with Gasteiger partial charge in [-0.3, -0.25) is 9.59 Å². The molecule has 1 aromatic carbocycles. The van der Waals surface area contributed by atoms with Crippen LogP contribution in [0.1, 0.15) is 75.9 Å². The van der Waals surface area contributed by atoms with Gasteiger partial charge >= 0.3 is 5.97 Å². The SMILES string of the molecule is CC(=O)c1c(C)c(Cl)c(O)c(C/C=C(\C)CC/C=C(\C)COC(=O)C(C)(C)C)c1O. The summed E-state index contributed by atoms with van der Waals surface area (Å²) >= 11 is 6.14. The van der Waals surface area contributed by atoms with Gasteiger partial charge in [-0.2, -0.15) is 0 Å². The van der Waals surface area contributed by atoms with Crippen LogP contribution >= 0.6 is 11.6 Å². The lowest BCUT2D eigenvalue weighted by molar-refractivity contribution is -0.151. The van der Waals surface area contributed by atoms with E-state index in [1.165, 1.54) is 6.92 Å². The highest BCUT2D eigenvalue weighted by atomic mass is 35.5. The van der Waals surface area contributed by atoms with Gasteiger partial charge in [-0.1, -0.05) is 29.3 Å². The van der Waals surface area contributed by atoms with Gasteiger partial charge in [0.2, 0.25) is 0 Å². The standard InChI is InChI=1S/C24H33ClO5/c1-14(9-8-10-15(2)13-30-23(29)24(5,6)7)11-12-18-21(27)19(17(4)26)16(3)20(25)22(18)28/h10-11,27-28H,8-9,12-13H2,1-7H3/b14-11+,15-10+. The average molecular weight is 437 g/mol. The zero-order chi connectivity index (χ0) is 23.2. The molecule has 30 heavy (non-hydrogen) atoms. The van der Waals surface area contributed by atoms with Crippen molar-refractivity contribution in [2.45, 2.75) is 67.7 Å². The van der Waals surface area contributed by atoms with E-state index in [1.807, 2.05) is 46.8 Å². The number of allylic oxidation sites excluding steroid dienone is 3. The number of halogens is 1. The molecule has 0 saturated heterocycles. The monoisotopic (exact) mass is 436 g/mol. The lowest BCUT2D eigenvalue weighted by Gasteiger charge is -2.16. The number of phenols is 2. The van der Waals surface area contributed by atoms with Gasteiger partial charge in [0, 0.05) is 5.56 Å². The Balaban J connectivity index is 2.77. The Bertz CT molecular complexity index is 873. The van der Waals surface area contributed by atoms with E-state index in [2.05, 4.69) is 0 Å². The van der Waals surface area contributed by atoms with Crippen LogP contribution in [0.2, 0.25) is 5.02 Å². The highest BCUT2D eigenvalue weighted by Crippen LogP contribution is 2.41. The minimum atomic E-state index is -0.516. The van der Waals surface area contributed by atoms with Crippen LogP contribution in [0.5, 0.6) is 11.5 Å². The highest BCUT2D eigenvalue weighted by molar-refractivity contribution is 6.33. The van der Waals surface area contributed by atoms with Crippen molar-refractivity contribution in [3.63, 3.8) is 0 Å². The summed E-state index contributed by atoms with van der Waals surface area (Å²) in [7, 11) is 0. The number of hydrogen-bond acceptors (Lipinski definition) is 5. The van der Waals surface area contributed by atoms with Crippen LogP contribution in [0.3, 0.4) is 0 Å². The van der Waals surface area contributed by atoms with Crippen LogP contribution in [-0.4, -0.2) is 28.6 Å². The molecule has 166 valence electrons. The van der Waals surface area contributed by atoms with E-state index in [4.69, 9.17) is 16.3 Å². The van der Waals surface area contributed by atoms with Gasteiger partial charge in [0.1, 0.15) is 18.1 Å². The summed E-state index contributed by atoms with van der Waals surface area (Å²) in [5, 5.41) is 20.8. The molecule has 0 aliphatic rings. The summed E-state index contributed by atoms with van der Waals surface area (Å²) in [5.74, 6) is -0.950. The Kier molecular flexibility index (Phi) is 9.16. The summed E-state index contributed by atoms with van der Waals surface area (Å²) in [6.07, 6.45) is 5.72. The predicted molar refractivity (Wildman–Crippen MR) is 120 cm³/mol. The number of Topliss-reactive ketones (excluding diaryl/α,β-unsaturated/α-hetero) is 1. The maximum absolute atomic E-state index is 11.8. The smallest absolute Gasteiger partial charge is 0.311 e. The molecule has 0 saturated carbocycles. The van der Waals surface area contributed by atoms with E-state index in [0.29, 0.717) is 5.56 Å². The average Bonchev–Trinajstić information content (AvgIpc) is 2.63. The second-order valence-corrected chi connectivity index (χ2v) is 9.09. The summed E-state index contributed by atoms with van der Waals surface area (Å²) < 4.78 is 5.29. The van der Waals surface area contributed by atoms with Gasteiger partial charge in [-0.15, -0.1) is 0 Å². The minimum Gasteiger partial charge on any atom is -0.507 e. The molecule has 0 atom stereocenters. The maximum atomic E-state index is 11.8. The van der Waals surface area contributed by atoms with Crippen molar-refractivity contribution in [2.24, 2.45) is 5.41 Å². The topological polar surface area (TPSA) is 83.8 Å². The largest absolute Gasteiger partial charge is 0.507 e. The molecule has 0 fully saturated rings. The molecule has 0 radical (unpaired) electrons. The van der Waals surface area contributed by atoms with Crippen LogP contribution in [0.25, 0.3) is 0 Å². The van der Waals surface area contributed by atoms with Crippen LogP contribution in [-0.2, 0) is 16.0 Å². The van der Waals surface area contributed by atoms with E-state index < -0.39 is 5.41 Å². The Morgan fingerprint density at radius 3 is 2.17 bits per heavy atom. The van der Waals surface area contributed by atoms with Crippen molar-refractivity contribution in [1.29, 1.82) is 0 Å². The Morgan fingerprint density at radius 1 is 1.03 bits per heavy atom. The Morgan fingerprint density at radius 2 is 1.63 bits per heavy atom. The number of ketones is 1. The van der Waals surface area contributed by atoms with Gasteiger partial charge < -0.3 is 14.9 Å². The van der Waals surface area contributed by atoms with Crippen LogP contribution in [0.15, 0.2) is 23.3 Å². The summed E-state index contributed by atoms with van der Waals surface area (Å²) in [6.45, 7) is 12.6. The summed E-state index contributed by atoms with van der Waals surface area (Å²) in [4.78, 5) is 23.6. The second kappa shape index (κ2) is 10.7. The first kappa shape index (κ1) is 25.8. The van der Waals surface area contributed by atoms with Gasteiger partial charge in [-0.05, 0) is 78.9 Å². The molecule has 1 rings (SSSR count). The van der Waals surface area contributed by atoms with Gasteiger partial charge in [0.05, 0.1) is 16.0 Å². The first-order valence-electron chi connectivity index (χ1n) is 9.99. The van der Waals surface area contributed by atoms with E-state index in [9.17, 15) is 19.8 Å². The zero-order valence-electron chi connectivity index (χ0n) is 19.0. The molecule has 0 aliphatic heterocycles. The number of esters is 1. The van der Waals surface area contributed by atoms with Gasteiger partial charge in [-0.25, -0.2) is 0 Å². The normalized spacial score (nSPS) is 12.8. The van der Waals surface area contributed by atoms with Crippen molar-refractivity contribution in [2.75, 3.05) is 6.61 Å². The van der Waals surface area contributed by atoms with Crippen LogP contribution in [0.4, 0.5) is 0 Å². The quantitative estimate of drug-likeness (QED) is 0.293. The van der Waals surface area contributed by atoms with Gasteiger partial charge in [0.25, 0.3) is 0 Å². The molecule has 1 aromatic rings. The lowest BCUT2D eigenvalue weighted by Crippen LogP contribution is -2.23. The fraction of sp³-hybridized carbons (Fsp3) is 0.500. The van der Waals surface area contributed by atoms with Crippen LogP contribution in [0, 0.1) is 12.3 Å². The van der Waals surface area contributed by atoms with E-state index in [1.54, 1.807) is 6.92 Å². The molecule has 5 nitrogen and oxygen atoms in total. The number of carbonyl (C=O) groups excluding carboxylic acids is 2. The maximum Gasteiger partial charge on any atom is 0.311 e. The molecule has 2 N–H and O–H groups in total. The summed E-state index contributed by atoms with van der Waals surface area (Å²) in [6, 6.07) is 0. The molecular formula is C24H33ClO5. The number of benzene rings is 1. The number of rotatable bonds is 8. The highest BCUT2D eigenvalue weighted by Gasteiger charge is 2.23. The molecule has 6 heteroatoms. The van der Waals surface area contributed by atoms with E-state index >= 15 is 0 Å². The molecular weight excluding hydrogens is 404 g/mol. The molecule has 0 spiro atoms. The van der Waals surface area contributed by atoms with Crippen LogP contribution < -0.4 is 0 Å². The molecule has 0 heterocycles. The molecule has 0 amide bonds. The number of ether oxygens (including phenoxy) is 1. The third-order valence-electron chi connectivity index (χ3n) is 4.80. The van der Waals surface area contributed by atoms with E-state index in [0.717, 1.165) is 24.0 Å². The molecule has 0 aliphatic carbocycles. The fourth-order valence-corrected chi connectivity index (χ4v) is 3.07. The van der Waals surface area contributed by atoms with Crippen molar-refractivity contribution in [3.05, 3.63) is 45.0 Å². The third kappa shape index (κ3) is 6.91. The fourth-order valence-electron chi connectivity index (χ4n) is 2.86. The van der Waals surface area contributed by atoms with E-state index in [-0.39, 0.29) is 52.4 Å². The second-order valence-electron chi connectivity index (χ2n) is 8.72. The zero-order valence-corrected chi connectivity index (χ0v) is 19.7. The van der Waals surface area contributed by atoms with Gasteiger partial charge in [0.15, 0.2) is 5.78 Å². The third-order valence-corrected chi connectivity index (χ3v) is 5.26. The Labute approximate surface area is 184 Å². The van der Waals surface area contributed by atoms with Crippen molar-refractivity contribution < 1.29 is 24.5 Å². The van der Waals surface area contributed by atoms with Crippen molar-refractivity contribution >= 4 is 23.4 Å². The number of phenolic OH excluding ortho intramolecular Hbond substituents is 2. The predicted octanol–water partition coefficient (Wildman–Crippen LogP) is 6.07. The lowest BCUT2D eigenvalue weighted by atomic mass is 9.96. The van der Waals surface area contributed by atoms with Crippen molar-refractivity contribution in [1.82, 2.24) is 0 Å².